The van der Waals surface area contributed by atoms with Crippen LogP contribution in [0, 0.1) is 0 Å². The summed E-state index contributed by atoms with van der Waals surface area (Å²) in [6.07, 6.45) is 5.27. The van der Waals surface area contributed by atoms with Crippen molar-refractivity contribution in [2.24, 2.45) is 0 Å². The Kier molecular flexibility index (Phi) is 14.0. The van der Waals surface area contributed by atoms with Crippen LogP contribution in [0.1, 0.15) is 78.9 Å². The molecule has 3 aromatic carbocycles. The van der Waals surface area contributed by atoms with Crippen molar-refractivity contribution in [3.05, 3.63) is 125 Å². The van der Waals surface area contributed by atoms with E-state index in [-0.39, 0.29) is 31.1 Å². The number of hydrogen-bond donors (Lipinski definition) is 4. The lowest BCUT2D eigenvalue weighted by Gasteiger charge is -2.38. The average Bonchev–Trinajstić information content (AvgIpc) is 3.16. The summed E-state index contributed by atoms with van der Waals surface area (Å²) in [6, 6.07) is 30.2. The Morgan fingerprint density at radius 1 is 0.860 bits per heavy atom. The highest BCUT2D eigenvalue weighted by Crippen LogP contribution is 2.38. The summed E-state index contributed by atoms with van der Waals surface area (Å²) < 4.78 is 13.2. The quantitative estimate of drug-likeness (QED) is 0.0604. The Morgan fingerprint density at radius 3 is 2.30 bits per heavy atom. The van der Waals surface area contributed by atoms with E-state index in [1.165, 1.54) is 0 Å². The Hall–Kier alpha value is -4.45. The van der Waals surface area contributed by atoms with E-state index in [1.807, 2.05) is 79.0 Å². The molecule has 0 saturated carbocycles. The Bertz CT molecular complexity index is 1630. The molecule has 1 aliphatic heterocycles. The second kappa shape index (κ2) is 19.1. The fourth-order valence-electron chi connectivity index (χ4n) is 6.19. The zero-order chi connectivity index (χ0) is 35.1. The summed E-state index contributed by atoms with van der Waals surface area (Å²) in [5, 5.41) is 21.2. The minimum atomic E-state index is -0.554. The number of nitrogens with zero attached hydrogens (tertiary/aromatic N) is 2. The van der Waals surface area contributed by atoms with Gasteiger partial charge in [0.2, 0.25) is 11.8 Å². The summed E-state index contributed by atoms with van der Waals surface area (Å²) in [4.78, 5) is 30.4. The lowest BCUT2D eigenvalue weighted by Crippen LogP contribution is -2.38. The smallest absolute Gasteiger partial charge is 0.243 e. The summed E-state index contributed by atoms with van der Waals surface area (Å²) in [7, 11) is 2.11. The third-order valence-corrected chi connectivity index (χ3v) is 9.03. The van der Waals surface area contributed by atoms with Crippen LogP contribution in [0.2, 0.25) is 0 Å². The molecule has 4 N–H and O–H groups in total. The minimum Gasteiger partial charge on any atom is -0.392 e. The van der Waals surface area contributed by atoms with E-state index in [2.05, 4.69) is 40.4 Å². The largest absolute Gasteiger partial charge is 0.392 e. The SMILES string of the molecule is CN(CCc1ccccn1)CC1CC(c2ccc(CO)cc2)OC(c2ccc(-c3ccccc3CNC(=O)CCCCCC(=O)NO)cc2)O1. The number of hydrogen-bond acceptors (Lipinski definition) is 8. The number of likely N-dealkylation sites (N-methyl/N-ethyl adjacent to an activating group) is 1. The highest BCUT2D eigenvalue weighted by molar-refractivity contribution is 5.76. The molecule has 1 aromatic heterocycles. The summed E-state index contributed by atoms with van der Waals surface area (Å²) >= 11 is 0. The molecule has 2 amide bonds. The molecule has 10 nitrogen and oxygen atoms in total. The van der Waals surface area contributed by atoms with Gasteiger partial charge in [0.15, 0.2) is 6.29 Å². The van der Waals surface area contributed by atoms with Crippen LogP contribution in [0.5, 0.6) is 0 Å². The van der Waals surface area contributed by atoms with Crippen molar-refractivity contribution in [1.82, 2.24) is 20.7 Å². The number of carbonyl (C=O) groups is 2. The van der Waals surface area contributed by atoms with Crippen LogP contribution in [0.3, 0.4) is 0 Å². The number of ether oxygens (including phenoxy) is 2. The zero-order valence-electron chi connectivity index (χ0n) is 28.7. The average molecular weight is 681 g/mol. The van der Waals surface area contributed by atoms with Gasteiger partial charge in [0.05, 0.1) is 18.8 Å². The molecule has 0 spiro atoms. The zero-order valence-corrected chi connectivity index (χ0v) is 28.7. The number of carbonyl (C=O) groups excluding carboxylic acids is 2. The number of unbranched alkanes of at least 4 members (excludes halogenated alkanes) is 2. The van der Waals surface area contributed by atoms with Gasteiger partial charge in [0, 0.05) is 62.8 Å². The molecular formula is C40H48N4O6. The fraction of sp³-hybridized carbons (Fsp3) is 0.375. The van der Waals surface area contributed by atoms with Crippen molar-refractivity contribution in [3.8, 4) is 11.1 Å². The Labute approximate surface area is 294 Å². The van der Waals surface area contributed by atoms with Gasteiger partial charge in [-0.1, -0.05) is 85.3 Å². The maximum Gasteiger partial charge on any atom is 0.243 e. The summed E-state index contributed by atoms with van der Waals surface area (Å²) in [5.74, 6) is -0.446. The highest BCUT2D eigenvalue weighted by Gasteiger charge is 2.32. The van der Waals surface area contributed by atoms with E-state index in [0.29, 0.717) is 32.2 Å². The van der Waals surface area contributed by atoms with Gasteiger partial charge in [-0.3, -0.25) is 19.8 Å². The van der Waals surface area contributed by atoms with E-state index in [1.54, 1.807) is 5.48 Å². The van der Waals surface area contributed by atoms with Gasteiger partial charge in [0.25, 0.3) is 0 Å². The topological polar surface area (TPSA) is 133 Å². The molecule has 1 aliphatic rings. The molecule has 3 atom stereocenters. The van der Waals surface area contributed by atoms with Crippen molar-refractivity contribution in [2.75, 3.05) is 20.1 Å². The van der Waals surface area contributed by atoms with E-state index in [0.717, 1.165) is 65.0 Å². The number of pyridine rings is 1. The van der Waals surface area contributed by atoms with Crippen molar-refractivity contribution in [3.63, 3.8) is 0 Å². The van der Waals surface area contributed by atoms with Gasteiger partial charge in [-0.05, 0) is 59.8 Å². The molecule has 2 heterocycles. The standard InChI is InChI=1S/C40H48N4O6/c1-44(24-22-34-10-7-8-23-41-34)27-35-25-37(31-16-14-29(28-45)15-17-31)50-40(49-35)32-20-18-30(19-21-32)36-11-6-5-9-33(36)26-42-38(46)12-3-2-4-13-39(47)43-48/h5-11,14-21,23,35,37,40,45,48H,2-4,12-13,22,24-28H2,1H3,(H,42,46)(H,43,47). The first-order chi connectivity index (χ1) is 24.4. The number of aliphatic hydroxyl groups is 1. The van der Waals surface area contributed by atoms with Crippen LogP contribution in [0.15, 0.2) is 97.2 Å². The first-order valence-corrected chi connectivity index (χ1v) is 17.4. The molecule has 1 saturated heterocycles. The third kappa shape index (κ3) is 11.0. The number of rotatable bonds is 17. The van der Waals surface area contributed by atoms with Gasteiger partial charge in [0.1, 0.15) is 0 Å². The van der Waals surface area contributed by atoms with Crippen molar-refractivity contribution in [1.29, 1.82) is 0 Å². The highest BCUT2D eigenvalue weighted by atomic mass is 16.7. The van der Waals surface area contributed by atoms with E-state index < -0.39 is 12.2 Å². The predicted molar refractivity (Wildman–Crippen MR) is 191 cm³/mol. The van der Waals surface area contributed by atoms with Crippen LogP contribution in [-0.4, -0.2) is 58.3 Å². The lowest BCUT2D eigenvalue weighted by atomic mass is 9.97. The van der Waals surface area contributed by atoms with Gasteiger partial charge in [-0.15, -0.1) is 0 Å². The number of aromatic nitrogens is 1. The fourth-order valence-corrected chi connectivity index (χ4v) is 6.19. The molecule has 50 heavy (non-hydrogen) atoms. The van der Waals surface area contributed by atoms with Crippen LogP contribution in [0.4, 0.5) is 0 Å². The number of aliphatic hydroxyl groups excluding tert-OH is 1. The van der Waals surface area contributed by atoms with E-state index in [9.17, 15) is 14.7 Å². The van der Waals surface area contributed by atoms with E-state index >= 15 is 0 Å². The van der Waals surface area contributed by atoms with Crippen LogP contribution < -0.4 is 10.8 Å². The molecule has 1 fully saturated rings. The Morgan fingerprint density at radius 2 is 1.58 bits per heavy atom. The number of amides is 2. The molecule has 0 radical (unpaired) electrons. The molecule has 0 aliphatic carbocycles. The molecule has 0 bridgehead atoms. The molecule has 3 unspecified atom stereocenters. The molecule has 4 aromatic rings. The van der Waals surface area contributed by atoms with Crippen molar-refractivity contribution < 1.29 is 29.4 Å². The maximum absolute atomic E-state index is 12.5. The lowest BCUT2D eigenvalue weighted by molar-refractivity contribution is -0.252. The Balaban J connectivity index is 1.22. The molecule has 10 heteroatoms. The van der Waals surface area contributed by atoms with Crippen LogP contribution in [0.25, 0.3) is 11.1 Å². The maximum atomic E-state index is 12.5. The predicted octanol–water partition coefficient (Wildman–Crippen LogP) is 6.03. The second-order valence-corrected chi connectivity index (χ2v) is 12.8. The van der Waals surface area contributed by atoms with Gasteiger partial charge < -0.3 is 24.8 Å². The number of benzene rings is 3. The molecule has 264 valence electrons. The molecule has 5 rings (SSSR count). The van der Waals surface area contributed by atoms with Crippen LogP contribution in [-0.2, 0) is 38.6 Å². The third-order valence-electron chi connectivity index (χ3n) is 9.03. The van der Waals surface area contributed by atoms with Crippen molar-refractivity contribution >= 4 is 11.8 Å². The second-order valence-electron chi connectivity index (χ2n) is 12.8. The van der Waals surface area contributed by atoms with E-state index in [4.69, 9.17) is 14.7 Å². The van der Waals surface area contributed by atoms with Gasteiger partial charge >= 0.3 is 0 Å². The minimum absolute atomic E-state index is 0.00186. The van der Waals surface area contributed by atoms with Crippen LogP contribution >= 0.6 is 0 Å². The summed E-state index contributed by atoms with van der Waals surface area (Å²) in [6.45, 7) is 2.01. The van der Waals surface area contributed by atoms with Gasteiger partial charge in [-0.2, -0.15) is 0 Å². The number of nitrogens with one attached hydrogen (secondary N) is 2. The summed E-state index contributed by atoms with van der Waals surface area (Å²) in [5.41, 5.74) is 8.61. The molecular weight excluding hydrogens is 632 g/mol. The number of hydroxylamine groups is 1. The van der Waals surface area contributed by atoms with Crippen molar-refractivity contribution in [2.45, 2.75) is 76.6 Å². The first kappa shape index (κ1) is 36.8. The monoisotopic (exact) mass is 680 g/mol. The van der Waals surface area contributed by atoms with Gasteiger partial charge in [-0.25, -0.2) is 5.48 Å². The normalized spacial score (nSPS) is 17.4. The first-order valence-electron chi connectivity index (χ1n) is 17.4.